The van der Waals surface area contributed by atoms with Crippen molar-refractivity contribution in [3.05, 3.63) is 48.0 Å². The Morgan fingerprint density at radius 2 is 1.96 bits per heavy atom. The third-order valence-electron chi connectivity index (χ3n) is 4.20. The van der Waals surface area contributed by atoms with Crippen molar-refractivity contribution in [2.75, 3.05) is 19.6 Å². The third-order valence-corrected chi connectivity index (χ3v) is 4.20. The molecule has 1 aromatic carbocycles. The molecule has 0 spiro atoms. The van der Waals surface area contributed by atoms with Gasteiger partial charge in [-0.2, -0.15) is 0 Å². The molecule has 23 heavy (non-hydrogen) atoms. The summed E-state index contributed by atoms with van der Waals surface area (Å²) in [5, 5.41) is 2.26. The van der Waals surface area contributed by atoms with Crippen LogP contribution < -0.4 is 16.2 Å². The first-order valence-corrected chi connectivity index (χ1v) is 7.99. The van der Waals surface area contributed by atoms with Gasteiger partial charge in [-0.1, -0.05) is 42.5 Å². The number of amides is 3. The van der Waals surface area contributed by atoms with Crippen LogP contribution >= 0.6 is 0 Å². The van der Waals surface area contributed by atoms with E-state index in [9.17, 15) is 9.59 Å². The molecule has 122 valence electrons. The maximum atomic E-state index is 11.3. The maximum absolute atomic E-state index is 11.3. The molecule has 1 saturated carbocycles. The Labute approximate surface area is 135 Å². The fourth-order valence-corrected chi connectivity index (χ4v) is 2.71. The van der Waals surface area contributed by atoms with Crippen LogP contribution in [0.2, 0.25) is 0 Å². The fourth-order valence-electron chi connectivity index (χ4n) is 2.71. The molecule has 1 aliphatic carbocycles. The van der Waals surface area contributed by atoms with Gasteiger partial charge in [0.05, 0.1) is 5.54 Å². The lowest BCUT2D eigenvalue weighted by atomic mass is 10.1. The van der Waals surface area contributed by atoms with Crippen molar-refractivity contribution in [1.82, 2.24) is 21.1 Å². The van der Waals surface area contributed by atoms with Gasteiger partial charge in [-0.15, -0.1) is 0 Å². The van der Waals surface area contributed by atoms with Crippen LogP contribution in [0.1, 0.15) is 24.8 Å². The summed E-state index contributed by atoms with van der Waals surface area (Å²) in [4.78, 5) is 23.9. The minimum absolute atomic E-state index is 0.0962. The molecule has 3 amide bonds. The van der Waals surface area contributed by atoms with E-state index in [1.165, 1.54) is 10.5 Å². The molecule has 0 radical (unpaired) electrons. The van der Waals surface area contributed by atoms with Crippen molar-refractivity contribution >= 4 is 11.9 Å². The number of nitrogens with zero attached hydrogens (tertiary/aromatic N) is 1. The van der Waals surface area contributed by atoms with E-state index >= 15 is 0 Å². The van der Waals surface area contributed by atoms with Crippen molar-refractivity contribution in [2.24, 2.45) is 0 Å². The minimum atomic E-state index is -0.307. The maximum Gasteiger partial charge on any atom is 0.324 e. The number of imide groups is 1. The van der Waals surface area contributed by atoms with Gasteiger partial charge in [0, 0.05) is 13.1 Å². The van der Waals surface area contributed by atoms with Crippen LogP contribution in [0, 0.1) is 0 Å². The first-order chi connectivity index (χ1) is 11.2. The molecule has 1 aliphatic heterocycles. The number of rotatable bonds is 8. The molecule has 1 saturated heterocycles. The monoisotopic (exact) mass is 314 g/mol. The molecule has 0 aromatic heterocycles. The molecule has 1 aromatic rings. The average Bonchev–Trinajstić information content (AvgIpc) is 3.27. The number of carbonyl (C=O) groups is 2. The molecule has 2 fully saturated rings. The number of nitrogens with one attached hydrogen (secondary N) is 3. The van der Waals surface area contributed by atoms with Gasteiger partial charge in [-0.25, -0.2) is 10.2 Å². The van der Waals surface area contributed by atoms with Gasteiger partial charge >= 0.3 is 6.03 Å². The third kappa shape index (κ3) is 3.97. The molecule has 3 N–H and O–H groups in total. The Hall–Kier alpha value is -2.18. The average molecular weight is 314 g/mol. The lowest BCUT2D eigenvalue weighted by molar-refractivity contribution is -0.118. The molecule has 3 rings (SSSR count). The van der Waals surface area contributed by atoms with Gasteiger partial charge in [0.1, 0.15) is 6.54 Å². The highest BCUT2D eigenvalue weighted by Crippen LogP contribution is 2.44. The Morgan fingerprint density at radius 3 is 2.61 bits per heavy atom. The zero-order valence-electron chi connectivity index (χ0n) is 13.0. The smallest absolute Gasteiger partial charge is 0.311 e. The predicted octanol–water partition coefficient (Wildman–Crippen LogP) is 1.27. The zero-order chi connectivity index (χ0) is 16.1. The van der Waals surface area contributed by atoms with Crippen LogP contribution in [0.25, 0.3) is 0 Å². The van der Waals surface area contributed by atoms with E-state index in [-0.39, 0.29) is 24.0 Å². The van der Waals surface area contributed by atoms with Gasteiger partial charge in [0.25, 0.3) is 0 Å². The first kappa shape index (κ1) is 15.7. The number of urea groups is 1. The molecule has 0 unspecified atom stereocenters. The molecule has 6 heteroatoms. The molecule has 1 heterocycles. The summed E-state index contributed by atoms with van der Waals surface area (Å²) in [6.45, 7) is 1.44. The molecule has 0 atom stereocenters. The lowest BCUT2D eigenvalue weighted by Gasteiger charge is -2.18. The highest BCUT2D eigenvalue weighted by Gasteiger charge is 2.43. The Kier molecular flexibility index (Phi) is 4.73. The van der Waals surface area contributed by atoms with Gasteiger partial charge in [0.15, 0.2) is 0 Å². The molecule has 0 bridgehead atoms. The summed E-state index contributed by atoms with van der Waals surface area (Å²) in [5.41, 5.74) is 8.13. The van der Waals surface area contributed by atoms with E-state index in [2.05, 4.69) is 40.4 Å². The number of hydrogen-bond donors (Lipinski definition) is 3. The largest absolute Gasteiger partial charge is 0.324 e. The van der Waals surface area contributed by atoms with E-state index < -0.39 is 0 Å². The Morgan fingerprint density at radius 1 is 1.17 bits per heavy atom. The van der Waals surface area contributed by atoms with E-state index in [1.807, 2.05) is 18.2 Å². The highest BCUT2D eigenvalue weighted by molar-refractivity contribution is 6.01. The number of benzene rings is 1. The van der Waals surface area contributed by atoms with Crippen LogP contribution in [0.3, 0.4) is 0 Å². The van der Waals surface area contributed by atoms with Crippen molar-refractivity contribution in [3.63, 3.8) is 0 Å². The Balaban J connectivity index is 1.32. The van der Waals surface area contributed by atoms with Gasteiger partial charge in [-0.3, -0.25) is 15.5 Å². The predicted molar refractivity (Wildman–Crippen MR) is 87.4 cm³/mol. The number of hydrogen-bond acceptors (Lipinski definition) is 4. The fraction of sp³-hybridized carbons (Fsp3) is 0.412. The van der Waals surface area contributed by atoms with E-state index in [0.717, 1.165) is 25.8 Å². The van der Waals surface area contributed by atoms with Crippen LogP contribution in [0.4, 0.5) is 4.79 Å². The van der Waals surface area contributed by atoms with Gasteiger partial charge < -0.3 is 4.90 Å². The summed E-state index contributed by atoms with van der Waals surface area (Å²) in [7, 11) is 0. The number of hydrazine groups is 1. The van der Waals surface area contributed by atoms with Crippen LogP contribution in [-0.4, -0.2) is 36.5 Å². The highest BCUT2D eigenvalue weighted by atomic mass is 16.2. The normalized spacial score (nSPS) is 19.4. The molecular formula is C17H22N4O2. The summed E-state index contributed by atoms with van der Waals surface area (Å²) >= 11 is 0. The zero-order valence-corrected chi connectivity index (χ0v) is 13.0. The molecule has 2 aliphatic rings. The molecule has 6 nitrogen and oxygen atoms in total. The second-order valence-corrected chi connectivity index (χ2v) is 5.99. The van der Waals surface area contributed by atoms with Gasteiger partial charge in [0.2, 0.25) is 5.91 Å². The van der Waals surface area contributed by atoms with Crippen LogP contribution in [0.15, 0.2) is 42.5 Å². The van der Waals surface area contributed by atoms with E-state index in [1.54, 1.807) is 0 Å². The second-order valence-electron chi connectivity index (χ2n) is 5.99. The molecular weight excluding hydrogens is 292 g/mol. The minimum Gasteiger partial charge on any atom is -0.311 e. The van der Waals surface area contributed by atoms with Gasteiger partial charge in [-0.05, 0) is 24.8 Å². The summed E-state index contributed by atoms with van der Waals surface area (Å²) in [5.74, 6) is -0.232. The summed E-state index contributed by atoms with van der Waals surface area (Å²) in [6.07, 6.45) is 7.11. The van der Waals surface area contributed by atoms with E-state index in [0.29, 0.717) is 6.54 Å². The quantitative estimate of drug-likeness (QED) is 0.292. The first-order valence-electron chi connectivity index (χ1n) is 7.99. The topological polar surface area (TPSA) is 73.5 Å². The van der Waals surface area contributed by atoms with Crippen LogP contribution in [-0.2, 0) is 10.3 Å². The summed E-state index contributed by atoms with van der Waals surface area (Å²) in [6, 6.07) is 10.2. The lowest BCUT2D eigenvalue weighted by Crippen LogP contribution is -2.41. The summed E-state index contributed by atoms with van der Waals surface area (Å²) < 4.78 is 0. The standard InChI is InChI=1S/C17H22N4O2/c22-15-13-21(16(23)19-15)12-6-2-5-11-18-20-17(9-10-17)14-7-3-1-4-8-14/h1-4,6-8,18,20H,5,9-13H2,(H,19,22,23)/b6-2-. The van der Waals surface area contributed by atoms with Crippen LogP contribution in [0.5, 0.6) is 0 Å². The van der Waals surface area contributed by atoms with E-state index in [4.69, 9.17) is 0 Å². The van der Waals surface area contributed by atoms with Crippen molar-refractivity contribution in [3.8, 4) is 0 Å². The van der Waals surface area contributed by atoms with Crippen molar-refractivity contribution in [1.29, 1.82) is 0 Å². The van der Waals surface area contributed by atoms with Crippen molar-refractivity contribution < 1.29 is 9.59 Å². The SMILES string of the molecule is O=C1CN(C/C=C\CCNNC2(c3ccccc3)CC2)C(=O)N1. The van der Waals surface area contributed by atoms with Crippen molar-refractivity contribution in [2.45, 2.75) is 24.8 Å². The second kappa shape index (κ2) is 6.93. The number of carbonyl (C=O) groups excluding carboxylic acids is 2. The Bertz CT molecular complexity index is 596.